The molecule has 19 heavy (non-hydrogen) atoms. The zero-order valence-electron chi connectivity index (χ0n) is 12.5. The van der Waals surface area contributed by atoms with Crippen molar-refractivity contribution in [3.05, 3.63) is 0 Å². The SMILES string of the molecule is CNC1(C(N)=O)CCC(N(C)C2CCN(C)CC2)C1. The van der Waals surface area contributed by atoms with E-state index >= 15 is 0 Å². The van der Waals surface area contributed by atoms with Crippen molar-refractivity contribution in [3.8, 4) is 0 Å². The Morgan fingerprint density at radius 2 is 1.95 bits per heavy atom. The molecule has 2 fully saturated rings. The van der Waals surface area contributed by atoms with Crippen LogP contribution in [0.15, 0.2) is 0 Å². The van der Waals surface area contributed by atoms with Gasteiger partial charge in [0.25, 0.3) is 0 Å². The zero-order valence-corrected chi connectivity index (χ0v) is 12.5. The molecule has 1 amide bonds. The Morgan fingerprint density at radius 1 is 1.32 bits per heavy atom. The molecule has 1 aliphatic carbocycles. The number of nitrogens with zero attached hydrogens (tertiary/aromatic N) is 2. The number of nitrogens with one attached hydrogen (secondary N) is 1. The molecule has 1 heterocycles. The lowest BCUT2D eigenvalue weighted by atomic mass is 9.96. The van der Waals surface area contributed by atoms with E-state index in [9.17, 15) is 4.79 Å². The Kier molecular flexibility index (Phi) is 4.48. The molecule has 1 saturated carbocycles. The van der Waals surface area contributed by atoms with Crippen molar-refractivity contribution in [1.82, 2.24) is 15.1 Å². The first-order valence-corrected chi connectivity index (χ1v) is 7.38. The highest BCUT2D eigenvalue weighted by Crippen LogP contribution is 2.34. The molecule has 0 spiro atoms. The highest BCUT2D eigenvalue weighted by Gasteiger charge is 2.44. The highest BCUT2D eigenvalue weighted by molar-refractivity contribution is 5.85. The molecular weight excluding hydrogens is 240 g/mol. The van der Waals surface area contributed by atoms with E-state index in [0.717, 1.165) is 19.3 Å². The molecule has 110 valence electrons. The summed E-state index contributed by atoms with van der Waals surface area (Å²) >= 11 is 0. The Morgan fingerprint density at radius 3 is 2.42 bits per heavy atom. The monoisotopic (exact) mass is 268 g/mol. The summed E-state index contributed by atoms with van der Waals surface area (Å²) in [6.07, 6.45) is 5.23. The fourth-order valence-electron chi connectivity index (χ4n) is 3.64. The van der Waals surface area contributed by atoms with Crippen molar-refractivity contribution in [1.29, 1.82) is 0 Å². The molecule has 1 saturated heterocycles. The average molecular weight is 268 g/mol. The third-order valence-electron chi connectivity index (χ3n) is 5.28. The molecule has 2 unspecified atom stereocenters. The minimum Gasteiger partial charge on any atom is -0.368 e. The quantitative estimate of drug-likeness (QED) is 0.754. The normalized spacial score (nSPS) is 34.0. The summed E-state index contributed by atoms with van der Waals surface area (Å²) in [7, 11) is 6.25. The summed E-state index contributed by atoms with van der Waals surface area (Å²) in [6, 6.07) is 1.13. The van der Waals surface area contributed by atoms with Crippen LogP contribution in [0.2, 0.25) is 0 Å². The highest BCUT2D eigenvalue weighted by atomic mass is 16.1. The molecule has 1 aliphatic heterocycles. The Labute approximate surface area is 116 Å². The molecule has 2 aliphatic rings. The largest absolute Gasteiger partial charge is 0.368 e. The second-order valence-electron chi connectivity index (χ2n) is 6.29. The van der Waals surface area contributed by atoms with Gasteiger partial charge in [0, 0.05) is 12.1 Å². The maximum atomic E-state index is 11.7. The molecule has 2 atom stereocenters. The predicted octanol–water partition coefficient (Wildman–Crippen LogP) is 0.00840. The van der Waals surface area contributed by atoms with E-state index < -0.39 is 5.54 Å². The van der Waals surface area contributed by atoms with Gasteiger partial charge >= 0.3 is 0 Å². The van der Waals surface area contributed by atoms with E-state index in [4.69, 9.17) is 5.73 Å². The number of likely N-dealkylation sites (tertiary alicyclic amines) is 1. The van der Waals surface area contributed by atoms with Gasteiger partial charge in [0.2, 0.25) is 5.91 Å². The summed E-state index contributed by atoms with van der Waals surface area (Å²) < 4.78 is 0. The number of piperidine rings is 1. The van der Waals surface area contributed by atoms with E-state index in [1.807, 2.05) is 7.05 Å². The van der Waals surface area contributed by atoms with Crippen molar-refractivity contribution in [2.75, 3.05) is 34.2 Å². The summed E-state index contributed by atoms with van der Waals surface area (Å²) in [5.74, 6) is -0.200. The van der Waals surface area contributed by atoms with E-state index in [-0.39, 0.29) is 5.91 Å². The van der Waals surface area contributed by atoms with Crippen LogP contribution in [-0.4, -0.2) is 67.6 Å². The standard InChI is InChI=1S/C14H28N4O/c1-16-14(13(15)19)7-4-12(10-14)18(3)11-5-8-17(2)9-6-11/h11-12,16H,4-10H2,1-3H3,(H2,15,19). The Hall–Kier alpha value is -0.650. The van der Waals surface area contributed by atoms with Crippen LogP contribution in [0.5, 0.6) is 0 Å². The van der Waals surface area contributed by atoms with Crippen LogP contribution in [0, 0.1) is 0 Å². The first-order chi connectivity index (χ1) is 8.98. The third-order valence-corrected chi connectivity index (χ3v) is 5.28. The fourth-order valence-corrected chi connectivity index (χ4v) is 3.64. The number of carbonyl (C=O) groups is 1. The molecule has 0 radical (unpaired) electrons. The second-order valence-corrected chi connectivity index (χ2v) is 6.29. The number of likely N-dealkylation sites (N-methyl/N-ethyl adjacent to an activating group) is 1. The number of hydrogen-bond acceptors (Lipinski definition) is 4. The molecular formula is C14H28N4O. The van der Waals surface area contributed by atoms with Crippen molar-refractivity contribution in [3.63, 3.8) is 0 Å². The van der Waals surface area contributed by atoms with Crippen LogP contribution in [-0.2, 0) is 4.79 Å². The Bertz CT molecular complexity index is 327. The van der Waals surface area contributed by atoms with Crippen LogP contribution < -0.4 is 11.1 Å². The molecule has 5 heteroatoms. The van der Waals surface area contributed by atoms with Gasteiger partial charge in [-0.25, -0.2) is 0 Å². The van der Waals surface area contributed by atoms with E-state index in [2.05, 4.69) is 29.2 Å². The van der Waals surface area contributed by atoms with Gasteiger partial charge in [-0.15, -0.1) is 0 Å². The second kappa shape index (κ2) is 5.77. The molecule has 2 rings (SSSR count). The van der Waals surface area contributed by atoms with Crippen LogP contribution in [0.25, 0.3) is 0 Å². The van der Waals surface area contributed by atoms with Crippen molar-refractivity contribution >= 4 is 5.91 Å². The number of amides is 1. The minimum absolute atomic E-state index is 0.200. The number of primary amides is 1. The van der Waals surface area contributed by atoms with Crippen LogP contribution in [0.4, 0.5) is 0 Å². The average Bonchev–Trinajstić information content (AvgIpc) is 2.84. The first-order valence-electron chi connectivity index (χ1n) is 7.38. The number of rotatable bonds is 4. The minimum atomic E-state index is -0.482. The summed E-state index contributed by atoms with van der Waals surface area (Å²) in [6.45, 7) is 2.35. The summed E-state index contributed by atoms with van der Waals surface area (Å²) in [5.41, 5.74) is 5.09. The molecule has 0 aromatic carbocycles. The van der Waals surface area contributed by atoms with Gasteiger partial charge in [0.1, 0.15) is 0 Å². The van der Waals surface area contributed by atoms with E-state index in [0.29, 0.717) is 12.1 Å². The van der Waals surface area contributed by atoms with Gasteiger partial charge in [-0.1, -0.05) is 0 Å². The van der Waals surface area contributed by atoms with Gasteiger partial charge in [-0.05, 0) is 66.3 Å². The van der Waals surface area contributed by atoms with Crippen LogP contribution >= 0.6 is 0 Å². The fraction of sp³-hybridized carbons (Fsp3) is 0.929. The molecule has 3 N–H and O–H groups in total. The predicted molar refractivity (Wildman–Crippen MR) is 76.9 cm³/mol. The van der Waals surface area contributed by atoms with Gasteiger partial charge in [0.15, 0.2) is 0 Å². The van der Waals surface area contributed by atoms with Gasteiger partial charge in [-0.3, -0.25) is 4.79 Å². The summed E-state index contributed by atoms with van der Waals surface area (Å²) in [4.78, 5) is 16.6. The van der Waals surface area contributed by atoms with Crippen molar-refractivity contribution in [2.24, 2.45) is 5.73 Å². The Balaban J connectivity index is 1.94. The molecule has 5 nitrogen and oxygen atoms in total. The topological polar surface area (TPSA) is 61.6 Å². The van der Waals surface area contributed by atoms with Crippen molar-refractivity contribution in [2.45, 2.75) is 49.7 Å². The third kappa shape index (κ3) is 2.93. The van der Waals surface area contributed by atoms with E-state index in [1.165, 1.54) is 25.9 Å². The van der Waals surface area contributed by atoms with Gasteiger partial charge in [-0.2, -0.15) is 0 Å². The molecule has 0 aromatic rings. The lowest BCUT2D eigenvalue weighted by Crippen LogP contribution is -2.53. The number of nitrogens with two attached hydrogens (primary N) is 1. The summed E-state index contributed by atoms with van der Waals surface area (Å²) in [5, 5.41) is 3.16. The lowest BCUT2D eigenvalue weighted by molar-refractivity contribution is -0.124. The maximum absolute atomic E-state index is 11.7. The van der Waals surface area contributed by atoms with E-state index in [1.54, 1.807) is 0 Å². The van der Waals surface area contributed by atoms with Crippen molar-refractivity contribution < 1.29 is 4.79 Å². The number of hydrogen-bond donors (Lipinski definition) is 2. The number of carbonyl (C=O) groups excluding carboxylic acids is 1. The van der Waals surface area contributed by atoms with Crippen LogP contribution in [0.1, 0.15) is 32.1 Å². The zero-order chi connectivity index (χ0) is 14.0. The first kappa shape index (κ1) is 14.8. The van der Waals surface area contributed by atoms with Crippen LogP contribution in [0.3, 0.4) is 0 Å². The molecule has 0 bridgehead atoms. The lowest BCUT2D eigenvalue weighted by Gasteiger charge is -2.38. The smallest absolute Gasteiger partial charge is 0.237 e. The van der Waals surface area contributed by atoms with Gasteiger partial charge < -0.3 is 20.9 Å². The molecule has 0 aromatic heterocycles. The maximum Gasteiger partial charge on any atom is 0.237 e. The van der Waals surface area contributed by atoms with Gasteiger partial charge in [0.05, 0.1) is 5.54 Å².